The van der Waals surface area contributed by atoms with Gasteiger partial charge in [-0.05, 0) is 67.5 Å². The number of carbonyl (C=O) groups excluding carboxylic acids is 1. The van der Waals surface area contributed by atoms with Crippen LogP contribution in [0.15, 0.2) is 47.4 Å². The van der Waals surface area contributed by atoms with E-state index >= 15 is 0 Å². The van der Waals surface area contributed by atoms with Gasteiger partial charge in [-0.25, -0.2) is 8.51 Å². The van der Waals surface area contributed by atoms with Gasteiger partial charge in [-0.15, -0.1) is 0 Å². The van der Waals surface area contributed by atoms with Crippen molar-refractivity contribution in [3.8, 4) is 5.75 Å². The molecule has 4 rings (SSSR count). The molecular formula is C25H32ClN3O3S. The zero-order valence-electron chi connectivity index (χ0n) is 19.5. The maximum Gasteiger partial charge on any atom is 0.254 e. The van der Waals surface area contributed by atoms with Gasteiger partial charge in [0.25, 0.3) is 5.91 Å². The summed E-state index contributed by atoms with van der Waals surface area (Å²) >= 11 is 6.40. The second-order valence-electron chi connectivity index (χ2n) is 9.17. The molecule has 0 saturated carbocycles. The summed E-state index contributed by atoms with van der Waals surface area (Å²) in [5, 5.41) is 0.506. The van der Waals surface area contributed by atoms with E-state index in [9.17, 15) is 9.00 Å². The average Bonchev–Trinajstić information content (AvgIpc) is 2.80. The summed E-state index contributed by atoms with van der Waals surface area (Å²) < 4.78 is 20.1. The highest BCUT2D eigenvalue weighted by molar-refractivity contribution is 7.82. The molecule has 8 heteroatoms. The third-order valence-electron chi connectivity index (χ3n) is 6.64. The number of hydrogen-bond acceptors (Lipinski definition) is 4. The van der Waals surface area contributed by atoms with Crippen LogP contribution in [0.25, 0.3) is 0 Å². The van der Waals surface area contributed by atoms with Gasteiger partial charge in [0.05, 0.1) is 22.6 Å². The first-order valence-corrected chi connectivity index (χ1v) is 12.9. The molecule has 1 unspecified atom stereocenters. The smallest absolute Gasteiger partial charge is 0.254 e. The third kappa shape index (κ3) is 5.53. The zero-order valence-corrected chi connectivity index (χ0v) is 21.1. The second-order valence-corrected chi connectivity index (χ2v) is 11.1. The number of methoxy groups -OCH3 is 1. The minimum atomic E-state index is -1.12. The van der Waals surface area contributed by atoms with Crippen molar-refractivity contribution in [1.29, 1.82) is 0 Å². The van der Waals surface area contributed by atoms with E-state index in [0.717, 1.165) is 55.4 Å². The number of nitrogens with zero attached hydrogens (tertiary/aromatic N) is 3. The minimum Gasteiger partial charge on any atom is -0.497 e. The summed E-state index contributed by atoms with van der Waals surface area (Å²) in [6.07, 6.45) is 3.48. The molecule has 6 nitrogen and oxygen atoms in total. The van der Waals surface area contributed by atoms with E-state index in [4.69, 9.17) is 16.3 Å². The molecule has 2 aromatic carbocycles. The monoisotopic (exact) mass is 489 g/mol. The standard InChI is InChI=1S/C25H32ClN3O3S/c1-27(2)25(30)23-8-7-20(14-24(23)26)28-11-9-18(10-12-28)13-19-16-29(17-19)33(31)22-6-4-5-21(15-22)32-3/h4-8,14-15,18-19H,9-13,16-17H2,1-3H3. The van der Waals surface area contributed by atoms with Crippen LogP contribution >= 0.6 is 11.6 Å². The Morgan fingerprint density at radius 3 is 2.48 bits per heavy atom. The normalized spacial score (nSPS) is 18.6. The highest BCUT2D eigenvalue weighted by Crippen LogP contribution is 2.34. The Bertz CT molecular complexity index is 1020. The highest BCUT2D eigenvalue weighted by Gasteiger charge is 2.34. The Morgan fingerprint density at radius 1 is 1.12 bits per heavy atom. The lowest BCUT2D eigenvalue weighted by molar-refractivity contribution is 0.0828. The molecule has 0 aliphatic carbocycles. The van der Waals surface area contributed by atoms with Crippen molar-refractivity contribution < 1.29 is 13.7 Å². The molecule has 2 aromatic rings. The molecule has 2 fully saturated rings. The zero-order chi connectivity index (χ0) is 23.5. The summed E-state index contributed by atoms with van der Waals surface area (Å²) in [4.78, 5) is 16.9. The maximum absolute atomic E-state index is 12.8. The van der Waals surface area contributed by atoms with Crippen LogP contribution < -0.4 is 9.64 Å². The first-order chi connectivity index (χ1) is 15.9. The van der Waals surface area contributed by atoms with E-state index in [1.54, 1.807) is 26.1 Å². The third-order valence-corrected chi connectivity index (χ3v) is 8.37. The Kier molecular flexibility index (Phi) is 7.62. The molecule has 0 N–H and O–H groups in total. The number of ether oxygens (including phenoxy) is 1. The van der Waals surface area contributed by atoms with E-state index in [0.29, 0.717) is 22.4 Å². The van der Waals surface area contributed by atoms with E-state index in [-0.39, 0.29) is 5.91 Å². The van der Waals surface area contributed by atoms with Gasteiger partial charge >= 0.3 is 0 Å². The average molecular weight is 490 g/mol. The largest absolute Gasteiger partial charge is 0.497 e. The number of anilines is 1. The van der Waals surface area contributed by atoms with Gasteiger partial charge in [-0.2, -0.15) is 0 Å². The number of piperidine rings is 1. The molecular weight excluding hydrogens is 458 g/mol. The van der Waals surface area contributed by atoms with E-state index < -0.39 is 11.0 Å². The SMILES string of the molecule is COc1cccc(S(=O)N2CC(CC3CCN(c4ccc(C(=O)N(C)C)c(Cl)c4)CC3)C2)c1. The number of carbonyl (C=O) groups is 1. The molecule has 0 bridgehead atoms. The van der Waals surface area contributed by atoms with E-state index in [2.05, 4.69) is 4.90 Å². The molecule has 0 aromatic heterocycles. The molecule has 1 amide bonds. The number of halogens is 1. The number of amides is 1. The van der Waals surface area contributed by atoms with E-state index in [1.807, 2.05) is 46.8 Å². The fourth-order valence-corrected chi connectivity index (χ4v) is 6.34. The molecule has 2 aliphatic heterocycles. The van der Waals surface area contributed by atoms with Crippen LogP contribution in [0.1, 0.15) is 29.6 Å². The first kappa shape index (κ1) is 24.0. The summed E-state index contributed by atoms with van der Waals surface area (Å²) in [6, 6.07) is 13.3. The molecule has 33 heavy (non-hydrogen) atoms. The van der Waals surface area contributed by atoms with Crippen molar-refractivity contribution >= 4 is 34.2 Å². The summed E-state index contributed by atoms with van der Waals surface area (Å²) in [6.45, 7) is 3.77. The molecule has 178 valence electrons. The van der Waals surface area contributed by atoms with Gasteiger partial charge in [0.15, 0.2) is 0 Å². The molecule has 2 aliphatic rings. The van der Waals surface area contributed by atoms with E-state index in [1.165, 1.54) is 6.42 Å². The van der Waals surface area contributed by atoms with Gasteiger partial charge in [-0.1, -0.05) is 17.7 Å². The van der Waals surface area contributed by atoms with Crippen LogP contribution in [0.2, 0.25) is 5.02 Å². The Balaban J connectivity index is 1.24. The van der Waals surface area contributed by atoms with Crippen LogP contribution in [0, 0.1) is 11.8 Å². The van der Waals surface area contributed by atoms with Crippen molar-refractivity contribution in [1.82, 2.24) is 9.21 Å². The fourth-order valence-electron chi connectivity index (χ4n) is 4.68. The lowest BCUT2D eigenvalue weighted by Gasteiger charge is -2.41. The van der Waals surface area contributed by atoms with Gasteiger partial charge in [-0.3, -0.25) is 4.79 Å². The van der Waals surface area contributed by atoms with Crippen LogP contribution in [0.5, 0.6) is 5.75 Å². The second kappa shape index (κ2) is 10.5. The van der Waals surface area contributed by atoms with Gasteiger partial charge in [0.2, 0.25) is 0 Å². The molecule has 2 heterocycles. The topological polar surface area (TPSA) is 53.1 Å². The number of rotatable bonds is 7. The molecule has 1 atom stereocenters. The molecule has 2 saturated heterocycles. The quantitative estimate of drug-likeness (QED) is 0.581. The Morgan fingerprint density at radius 2 is 1.85 bits per heavy atom. The van der Waals surface area contributed by atoms with Crippen LogP contribution in [0.4, 0.5) is 5.69 Å². The van der Waals surface area contributed by atoms with Gasteiger partial charge in [0.1, 0.15) is 16.7 Å². The Hall–Kier alpha value is -2.09. The Labute approximate surface area is 204 Å². The highest BCUT2D eigenvalue weighted by atomic mass is 35.5. The van der Waals surface area contributed by atoms with Gasteiger partial charge in [0, 0.05) is 46.0 Å². The lowest BCUT2D eigenvalue weighted by atomic mass is 9.84. The molecule has 0 radical (unpaired) electrons. The van der Waals surface area contributed by atoms with Crippen molar-refractivity contribution in [3.63, 3.8) is 0 Å². The van der Waals surface area contributed by atoms with Crippen molar-refractivity contribution in [2.45, 2.75) is 24.2 Å². The predicted molar refractivity (Wildman–Crippen MR) is 133 cm³/mol. The minimum absolute atomic E-state index is 0.0767. The first-order valence-electron chi connectivity index (χ1n) is 11.4. The maximum atomic E-state index is 12.8. The van der Waals surface area contributed by atoms with Crippen molar-refractivity contribution in [2.75, 3.05) is 52.3 Å². The summed E-state index contributed by atoms with van der Waals surface area (Å²) in [5.74, 6) is 1.97. The van der Waals surface area contributed by atoms with Crippen molar-refractivity contribution in [2.24, 2.45) is 11.8 Å². The van der Waals surface area contributed by atoms with Crippen LogP contribution in [-0.2, 0) is 11.0 Å². The fraction of sp³-hybridized carbons (Fsp3) is 0.480. The summed E-state index contributed by atoms with van der Waals surface area (Å²) in [7, 11) is 3.97. The predicted octanol–water partition coefficient (Wildman–Crippen LogP) is 4.31. The van der Waals surface area contributed by atoms with Crippen LogP contribution in [0.3, 0.4) is 0 Å². The van der Waals surface area contributed by atoms with Crippen LogP contribution in [-0.4, -0.2) is 66.7 Å². The van der Waals surface area contributed by atoms with Gasteiger partial charge < -0.3 is 14.5 Å². The summed E-state index contributed by atoms with van der Waals surface area (Å²) in [5.41, 5.74) is 1.62. The number of hydrogen-bond donors (Lipinski definition) is 0. The lowest BCUT2D eigenvalue weighted by Crippen LogP contribution is -2.48. The number of benzene rings is 2. The van der Waals surface area contributed by atoms with Crippen molar-refractivity contribution in [3.05, 3.63) is 53.1 Å². The molecule has 0 spiro atoms.